The van der Waals surface area contributed by atoms with E-state index in [0.717, 1.165) is 5.56 Å². The maximum Gasteiger partial charge on any atom is 0.255 e. The highest BCUT2D eigenvalue weighted by atomic mass is 16.5. The third-order valence-corrected chi connectivity index (χ3v) is 5.11. The van der Waals surface area contributed by atoms with Gasteiger partial charge in [0.25, 0.3) is 5.91 Å². The van der Waals surface area contributed by atoms with Crippen LogP contribution in [0.3, 0.4) is 0 Å². The lowest BCUT2D eigenvalue weighted by atomic mass is 9.94. The maximum absolute atomic E-state index is 13.4. The molecular weight excluding hydrogens is 398 g/mol. The van der Waals surface area contributed by atoms with Crippen molar-refractivity contribution >= 4 is 17.5 Å². The van der Waals surface area contributed by atoms with Crippen LogP contribution in [0.4, 0.5) is 11.6 Å². The van der Waals surface area contributed by atoms with Crippen LogP contribution >= 0.6 is 0 Å². The summed E-state index contributed by atoms with van der Waals surface area (Å²) in [6.07, 6.45) is 1.45. The van der Waals surface area contributed by atoms with Crippen molar-refractivity contribution in [3.05, 3.63) is 65.6 Å². The molecule has 9 heteroatoms. The van der Waals surface area contributed by atoms with E-state index in [1.165, 1.54) is 6.33 Å². The number of rotatable bonds is 6. The first kappa shape index (κ1) is 20.3. The summed E-state index contributed by atoms with van der Waals surface area (Å²) in [6, 6.07) is 12.2. The van der Waals surface area contributed by atoms with Crippen molar-refractivity contribution in [1.29, 1.82) is 0 Å². The topological polar surface area (TPSA) is 99.5 Å². The third kappa shape index (κ3) is 3.77. The number of nitrogens with zero attached hydrogens (tertiary/aromatic N) is 3. The number of allylic oxidation sites excluding steroid dienone is 1. The van der Waals surface area contributed by atoms with E-state index in [4.69, 9.17) is 14.2 Å². The molecule has 31 heavy (non-hydrogen) atoms. The van der Waals surface area contributed by atoms with Gasteiger partial charge in [0, 0.05) is 11.4 Å². The van der Waals surface area contributed by atoms with Gasteiger partial charge < -0.3 is 24.8 Å². The van der Waals surface area contributed by atoms with Crippen LogP contribution in [0, 0.1) is 0 Å². The largest absolute Gasteiger partial charge is 0.497 e. The van der Waals surface area contributed by atoms with E-state index in [0.29, 0.717) is 40.2 Å². The summed E-state index contributed by atoms with van der Waals surface area (Å²) in [5, 5.41) is 10.5. The monoisotopic (exact) mass is 421 g/mol. The van der Waals surface area contributed by atoms with Crippen molar-refractivity contribution in [3.8, 4) is 17.2 Å². The molecule has 3 aromatic rings. The number of carbonyl (C=O) groups is 1. The number of hydrogen-bond acceptors (Lipinski definition) is 7. The third-order valence-electron chi connectivity index (χ3n) is 5.11. The van der Waals surface area contributed by atoms with Gasteiger partial charge in [0.05, 0.1) is 26.9 Å². The molecule has 4 rings (SSSR count). The van der Waals surface area contributed by atoms with Crippen LogP contribution in [0.5, 0.6) is 17.2 Å². The summed E-state index contributed by atoms with van der Waals surface area (Å²) >= 11 is 0. The Labute approximate surface area is 179 Å². The predicted octanol–water partition coefficient (Wildman–Crippen LogP) is 3.23. The Bertz CT molecular complexity index is 1140. The van der Waals surface area contributed by atoms with Gasteiger partial charge in [0.2, 0.25) is 5.95 Å². The lowest BCUT2D eigenvalue weighted by Gasteiger charge is -2.29. The van der Waals surface area contributed by atoms with Crippen LogP contribution in [0.15, 0.2) is 60.1 Å². The molecule has 1 unspecified atom stereocenters. The van der Waals surface area contributed by atoms with Crippen LogP contribution in [-0.4, -0.2) is 42.0 Å². The number of amides is 1. The molecule has 0 aliphatic carbocycles. The number of fused-ring (bicyclic) bond motifs is 1. The Morgan fingerprint density at radius 3 is 2.45 bits per heavy atom. The number of methoxy groups -OCH3 is 3. The number of aromatic nitrogens is 3. The first-order valence-corrected chi connectivity index (χ1v) is 9.60. The summed E-state index contributed by atoms with van der Waals surface area (Å²) in [5.41, 5.74) is 2.67. The second-order valence-corrected chi connectivity index (χ2v) is 6.89. The van der Waals surface area contributed by atoms with Gasteiger partial charge in [-0.1, -0.05) is 6.07 Å². The van der Waals surface area contributed by atoms with Gasteiger partial charge in [-0.2, -0.15) is 10.1 Å². The minimum Gasteiger partial charge on any atom is -0.497 e. The zero-order valence-corrected chi connectivity index (χ0v) is 17.7. The second kappa shape index (κ2) is 8.39. The molecule has 2 aromatic carbocycles. The Balaban J connectivity index is 1.74. The van der Waals surface area contributed by atoms with E-state index in [1.54, 1.807) is 56.3 Å². The normalized spacial score (nSPS) is 15.0. The fraction of sp³-hybridized carbons (Fsp3) is 0.227. The molecule has 0 fully saturated rings. The van der Waals surface area contributed by atoms with Gasteiger partial charge in [-0.05, 0) is 48.9 Å². The van der Waals surface area contributed by atoms with Gasteiger partial charge in [-0.25, -0.2) is 4.68 Å². The Morgan fingerprint density at radius 2 is 1.77 bits per heavy atom. The summed E-state index contributed by atoms with van der Waals surface area (Å²) in [7, 11) is 4.75. The minimum atomic E-state index is -0.503. The van der Waals surface area contributed by atoms with E-state index in [9.17, 15) is 4.79 Å². The lowest BCUT2D eigenvalue weighted by Crippen LogP contribution is -2.31. The number of benzene rings is 2. The molecule has 0 radical (unpaired) electrons. The van der Waals surface area contributed by atoms with Crippen molar-refractivity contribution in [1.82, 2.24) is 14.8 Å². The van der Waals surface area contributed by atoms with Crippen LogP contribution < -0.4 is 24.8 Å². The molecule has 0 saturated carbocycles. The summed E-state index contributed by atoms with van der Waals surface area (Å²) in [4.78, 5) is 17.6. The van der Waals surface area contributed by atoms with Crippen molar-refractivity contribution in [2.75, 3.05) is 32.0 Å². The van der Waals surface area contributed by atoms with E-state index >= 15 is 0 Å². The molecule has 0 saturated heterocycles. The molecule has 0 spiro atoms. The Kier molecular flexibility index (Phi) is 5.48. The van der Waals surface area contributed by atoms with Gasteiger partial charge in [0.1, 0.15) is 18.1 Å². The van der Waals surface area contributed by atoms with Crippen molar-refractivity contribution in [3.63, 3.8) is 0 Å². The quantitative estimate of drug-likeness (QED) is 0.630. The fourth-order valence-electron chi connectivity index (χ4n) is 3.59. The van der Waals surface area contributed by atoms with Crippen molar-refractivity contribution in [2.24, 2.45) is 0 Å². The average molecular weight is 421 g/mol. The summed E-state index contributed by atoms with van der Waals surface area (Å²) in [5.74, 6) is 2.18. The van der Waals surface area contributed by atoms with E-state index in [2.05, 4.69) is 20.7 Å². The SMILES string of the molecule is COc1ccc(NC(=O)C2=C(C)Nc3ncnn3C2c2ccc(OC)c(OC)c2)cc1. The predicted molar refractivity (Wildman–Crippen MR) is 116 cm³/mol. The fourth-order valence-corrected chi connectivity index (χ4v) is 3.59. The molecule has 2 heterocycles. The number of anilines is 2. The molecule has 0 bridgehead atoms. The summed E-state index contributed by atoms with van der Waals surface area (Å²) < 4.78 is 17.7. The zero-order valence-electron chi connectivity index (χ0n) is 17.7. The van der Waals surface area contributed by atoms with Crippen LogP contribution in [-0.2, 0) is 4.79 Å². The van der Waals surface area contributed by atoms with Crippen LogP contribution in [0.25, 0.3) is 0 Å². The molecule has 1 amide bonds. The van der Waals surface area contributed by atoms with Gasteiger partial charge in [-0.3, -0.25) is 4.79 Å². The lowest BCUT2D eigenvalue weighted by molar-refractivity contribution is -0.113. The van der Waals surface area contributed by atoms with Crippen LogP contribution in [0.2, 0.25) is 0 Å². The highest BCUT2D eigenvalue weighted by Gasteiger charge is 2.34. The number of ether oxygens (including phenoxy) is 3. The van der Waals surface area contributed by atoms with Crippen molar-refractivity contribution in [2.45, 2.75) is 13.0 Å². The second-order valence-electron chi connectivity index (χ2n) is 6.89. The molecule has 9 nitrogen and oxygen atoms in total. The van der Waals surface area contributed by atoms with Gasteiger partial charge >= 0.3 is 0 Å². The summed E-state index contributed by atoms with van der Waals surface area (Å²) in [6.45, 7) is 1.84. The molecular formula is C22H23N5O4. The molecule has 160 valence electrons. The molecule has 1 aliphatic heterocycles. The smallest absolute Gasteiger partial charge is 0.255 e. The van der Waals surface area contributed by atoms with Crippen molar-refractivity contribution < 1.29 is 19.0 Å². The first-order valence-electron chi connectivity index (χ1n) is 9.60. The maximum atomic E-state index is 13.4. The van der Waals surface area contributed by atoms with E-state index in [-0.39, 0.29) is 5.91 Å². The van der Waals surface area contributed by atoms with Crippen LogP contribution in [0.1, 0.15) is 18.5 Å². The molecule has 1 aliphatic rings. The highest BCUT2D eigenvalue weighted by molar-refractivity contribution is 6.06. The molecule has 1 aromatic heterocycles. The number of carbonyl (C=O) groups excluding carboxylic acids is 1. The molecule has 2 N–H and O–H groups in total. The molecule has 1 atom stereocenters. The first-order chi connectivity index (χ1) is 15.0. The van der Waals surface area contributed by atoms with E-state index < -0.39 is 6.04 Å². The Hall–Kier alpha value is -4.01. The van der Waals surface area contributed by atoms with Gasteiger partial charge in [-0.15, -0.1) is 0 Å². The number of hydrogen-bond donors (Lipinski definition) is 2. The van der Waals surface area contributed by atoms with Gasteiger partial charge in [0.15, 0.2) is 11.5 Å². The van der Waals surface area contributed by atoms with E-state index in [1.807, 2.05) is 19.1 Å². The minimum absolute atomic E-state index is 0.254. The standard InChI is InChI=1S/C22H23N5O4/c1-13-19(21(28)26-15-6-8-16(29-2)9-7-15)20(27-22(25-13)23-12-24-27)14-5-10-17(30-3)18(11-14)31-4/h5-12,20H,1-4H3,(H,26,28)(H,23,24,25). The Morgan fingerprint density at radius 1 is 1.03 bits per heavy atom. The average Bonchev–Trinajstić information content (AvgIpc) is 3.26. The zero-order chi connectivity index (χ0) is 22.0. The number of nitrogens with one attached hydrogen (secondary N) is 2. The highest BCUT2D eigenvalue weighted by Crippen LogP contribution is 2.38.